The summed E-state index contributed by atoms with van der Waals surface area (Å²) in [4.78, 5) is 13.1. The van der Waals surface area contributed by atoms with Gasteiger partial charge in [0.05, 0.1) is 11.7 Å². The van der Waals surface area contributed by atoms with Gasteiger partial charge in [0.2, 0.25) is 0 Å². The maximum atomic E-state index is 13.1. The van der Waals surface area contributed by atoms with Crippen LogP contribution in [0.3, 0.4) is 0 Å². The molecule has 0 aromatic carbocycles. The predicted octanol–water partition coefficient (Wildman–Crippen LogP) is 3.49. The first-order valence-corrected chi connectivity index (χ1v) is 9.08. The summed E-state index contributed by atoms with van der Waals surface area (Å²) in [5.41, 5.74) is -1.84. The van der Waals surface area contributed by atoms with E-state index in [2.05, 4.69) is 26.5 Å². The highest BCUT2D eigenvalue weighted by molar-refractivity contribution is 5.89. The maximum absolute atomic E-state index is 13.1. The summed E-state index contributed by atoms with van der Waals surface area (Å²) in [5, 5.41) is 22.1. The van der Waals surface area contributed by atoms with Crippen LogP contribution in [0.5, 0.6) is 0 Å². The Bertz CT molecular complexity index is 539. The maximum Gasteiger partial charge on any atom is 0.147 e. The first kappa shape index (κ1) is 17.2. The number of rotatable bonds is 1. The molecule has 0 amide bonds. The number of Topliss-reactive ketones (excluding diaryl/α,β-unsaturated/α-hetero) is 1. The van der Waals surface area contributed by atoms with Gasteiger partial charge in [-0.3, -0.25) is 4.79 Å². The van der Waals surface area contributed by atoms with E-state index in [1.165, 1.54) is 0 Å². The molecule has 0 aromatic rings. The molecule has 3 nitrogen and oxygen atoms in total. The van der Waals surface area contributed by atoms with Gasteiger partial charge in [-0.25, -0.2) is 0 Å². The van der Waals surface area contributed by atoms with Gasteiger partial charge in [-0.05, 0) is 55.3 Å². The van der Waals surface area contributed by atoms with Gasteiger partial charge in [0.25, 0.3) is 0 Å². The Labute approximate surface area is 140 Å². The summed E-state index contributed by atoms with van der Waals surface area (Å²) in [6.07, 6.45) is 6.14. The molecule has 0 aromatic heterocycles. The van der Waals surface area contributed by atoms with Crippen LogP contribution in [0.15, 0.2) is 12.7 Å². The van der Waals surface area contributed by atoms with E-state index in [0.29, 0.717) is 18.8 Å². The first-order valence-electron chi connectivity index (χ1n) is 9.08. The van der Waals surface area contributed by atoms with Crippen molar-refractivity contribution in [1.29, 1.82) is 0 Å². The summed E-state index contributed by atoms with van der Waals surface area (Å²) in [6.45, 7) is 12.1. The zero-order valence-electron chi connectivity index (χ0n) is 15.1. The molecule has 23 heavy (non-hydrogen) atoms. The largest absolute Gasteiger partial charge is 0.392 e. The molecule has 3 aliphatic carbocycles. The number of hydrogen-bond acceptors (Lipinski definition) is 3. The molecule has 3 rings (SSSR count). The summed E-state index contributed by atoms with van der Waals surface area (Å²) < 4.78 is 0. The second-order valence-electron chi connectivity index (χ2n) is 9.53. The minimum atomic E-state index is -0.966. The van der Waals surface area contributed by atoms with E-state index in [9.17, 15) is 15.0 Å². The lowest BCUT2D eigenvalue weighted by molar-refractivity contribution is -0.149. The number of hydrogen-bond donors (Lipinski definition) is 2. The van der Waals surface area contributed by atoms with Crippen LogP contribution >= 0.6 is 0 Å². The van der Waals surface area contributed by atoms with Crippen molar-refractivity contribution in [3.8, 4) is 0 Å². The molecule has 0 heterocycles. The van der Waals surface area contributed by atoms with Gasteiger partial charge in [0.15, 0.2) is 0 Å². The van der Waals surface area contributed by atoms with Gasteiger partial charge in [0, 0.05) is 11.3 Å². The second-order valence-corrected chi connectivity index (χ2v) is 9.53. The Morgan fingerprint density at radius 2 is 1.83 bits per heavy atom. The molecular weight excluding hydrogens is 288 g/mol. The van der Waals surface area contributed by atoms with E-state index in [1.807, 2.05) is 13.8 Å². The molecule has 0 bridgehead atoms. The quantitative estimate of drug-likeness (QED) is 0.727. The van der Waals surface area contributed by atoms with Crippen molar-refractivity contribution in [2.75, 3.05) is 0 Å². The molecular formula is C20H32O3. The zero-order chi connectivity index (χ0) is 17.3. The number of ketones is 1. The minimum Gasteiger partial charge on any atom is -0.392 e. The standard InChI is InChI=1S/C20H32O3/c1-6-18(4)9-10-19(5)13(12-18)11-14-16(22)17(2,3)15(21)7-8-20(14,19)23/h6,13-15,21,23H,1,7-12H2,2-5H3/t13-,14-,15+,18-,19-,20+/m0/s1. The number of aliphatic hydroxyl groups is 2. The number of fused-ring (bicyclic) bond motifs is 3. The van der Waals surface area contributed by atoms with Crippen LogP contribution in [-0.4, -0.2) is 27.7 Å². The Balaban J connectivity index is 2.01. The third kappa shape index (κ3) is 2.12. The molecule has 0 aliphatic heterocycles. The summed E-state index contributed by atoms with van der Waals surface area (Å²) in [7, 11) is 0. The van der Waals surface area contributed by atoms with Crippen molar-refractivity contribution < 1.29 is 15.0 Å². The molecule has 2 N–H and O–H groups in total. The topological polar surface area (TPSA) is 57.5 Å². The molecule has 3 fully saturated rings. The van der Waals surface area contributed by atoms with Gasteiger partial charge in [-0.2, -0.15) is 0 Å². The van der Waals surface area contributed by atoms with E-state index in [-0.39, 0.29) is 22.5 Å². The van der Waals surface area contributed by atoms with E-state index < -0.39 is 17.1 Å². The minimum absolute atomic E-state index is 0.0564. The molecule has 3 aliphatic rings. The van der Waals surface area contributed by atoms with E-state index in [1.54, 1.807) is 0 Å². The van der Waals surface area contributed by atoms with Gasteiger partial charge < -0.3 is 10.2 Å². The van der Waals surface area contributed by atoms with Crippen molar-refractivity contribution in [3.63, 3.8) is 0 Å². The average molecular weight is 320 g/mol. The second kappa shape index (κ2) is 4.92. The monoisotopic (exact) mass is 320 g/mol. The highest BCUT2D eigenvalue weighted by Gasteiger charge is 2.67. The van der Waals surface area contributed by atoms with Gasteiger partial charge in [-0.15, -0.1) is 6.58 Å². The SMILES string of the molecule is C=C[C@@]1(C)CC[C@@]2(C)[C@@H](C[C@H]3C(=O)C(C)(C)[C@H](O)CC[C@@]32O)C1. The average Bonchev–Trinajstić information content (AvgIpc) is 2.69. The number of aliphatic hydroxyl groups excluding tert-OH is 1. The van der Waals surface area contributed by atoms with Crippen LogP contribution in [-0.2, 0) is 4.79 Å². The van der Waals surface area contributed by atoms with E-state index in [4.69, 9.17) is 0 Å². The third-order valence-corrected chi connectivity index (χ3v) is 7.99. The fourth-order valence-electron chi connectivity index (χ4n) is 5.73. The van der Waals surface area contributed by atoms with Crippen molar-refractivity contribution in [3.05, 3.63) is 12.7 Å². The summed E-state index contributed by atoms with van der Waals surface area (Å²) in [6, 6.07) is 0. The number of carbonyl (C=O) groups is 1. The van der Waals surface area contributed by atoms with E-state index >= 15 is 0 Å². The predicted molar refractivity (Wildman–Crippen MR) is 90.8 cm³/mol. The van der Waals surface area contributed by atoms with Gasteiger partial charge in [-0.1, -0.05) is 33.8 Å². The lowest BCUT2D eigenvalue weighted by Gasteiger charge is -2.51. The fraction of sp³-hybridized carbons (Fsp3) is 0.850. The molecule has 3 saturated carbocycles. The van der Waals surface area contributed by atoms with Crippen molar-refractivity contribution in [1.82, 2.24) is 0 Å². The Morgan fingerprint density at radius 1 is 1.17 bits per heavy atom. The fourth-order valence-corrected chi connectivity index (χ4v) is 5.73. The van der Waals surface area contributed by atoms with Gasteiger partial charge in [0.1, 0.15) is 5.78 Å². The van der Waals surface area contributed by atoms with Crippen molar-refractivity contribution in [2.45, 2.75) is 77.9 Å². The van der Waals surface area contributed by atoms with Crippen LogP contribution in [0.1, 0.15) is 66.2 Å². The third-order valence-electron chi connectivity index (χ3n) is 7.99. The Kier molecular flexibility index (Phi) is 3.67. The van der Waals surface area contributed by atoms with E-state index in [0.717, 1.165) is 25.7 Å². The molecule has 6 atom stereocenters. The van der Waals surface area contributed by atoms with Crippen molar-refractivity contribution in [2.24, 2.45) is 28.1 Å². The molecule has 3 heteroatoms. The molecule has 0 spiro atoms. The van der Waals surface area contributed by atoms with Gasteiger partial charge >= 0.3 is 0 Å². The Morgan fingerprint density at radius 3 is 2.43 bits per heavy atom. The lowest BCUT2D eigenvalue weighted by atomic mass is 9.56. The zero-order valence-corrected chi connectivity index (χ0v) is 15.1. The Hall–Kier alpha value is -0.670. The highest BCUT2D eigenvalue weighted by Crippen LogP contribution is 2.66. The number of allylic oxidation sites excluding steroid dienone is 1. The normalized spacial score (nSPS) is 52.4. The number of carbonyl (C=O) groups excluding carboxylic acids is 1. The molecule has 130 valence electrons. The van der Waals surface area contributed by atoms with Crippen LogP contribution < -0.4 is 0 Å². The van der Waals surface area contributed by atoms with Crippen LogP contribution in [0.25, 0.3) is 0 Å². The molecule has 0 unspecified atom stereocenters. The summed E-state index contributed by atoms with van der Waals surface area (Å²) in [5.74, 6) is 0.0713. The molecule has 0 saturated heterocycles. The van der Waals surface area contributed by atoms with Crippen LogP contribution in [0.2, 0.25) is 0 Å². The van der Waals surface area contributed by atoms with Crippen LogP contribution in [0.4, 0.5) is 0 Å². The lowest BCUT2D eigenvalue weighted by Crippen LogP contribution is -2.53. The molecule has 0 radical (unpaired) electrons. The summed E-state index contributed by atoms with van der Waals surface area (Å²) >= 11 is 0. The first-order chi connectivity index (χ1) is 10.5. The smallest absolute Gasteiger partial charge is 0.147 e. The highest BCUT2D eigenvalue weighted by atomic mass is 16.3. The van der Waals surface area contributed by atoms with Crippen LogP contribution in [0, 0.1) is 28.1 Å². The van der Waals surface area contributed by atoms with Crippen molar-refractivity contribution >= 4 is 5.78 Å².